The predicted octanol–water partition coefficient (Wildman–Crippen LogP) is 1.95. The fraction of sp³-hybridized carbons (Fsp3) is 0.588. The molecule has 2 aliphatic rings. The molecule has 5 nitrogen and oxygen atoms in total. The van der Waals surface area contributed by atoms with Crippen molar-refractivity contribution >= 4 is 17.5 Å². The van der Waals surface area contributed by atoms with E-state index in [2.05, 4.69) is 10.2 Å². The molecule has 0 aliphatic carbocycles. The molecule has 2 heterocycles. The van der Waals surface area contributed by atoms with Gasteiger partial charge in [0.25, 0.3) is 0 Å². The van der Waals surface area contributed by atoms with Crippen molar-refractivity contribution in [3.05, 3.63) is 29.3 Å². The van der Waals surface area contributed by atoms with Gasteiger partial charge in [0, 0.05) is 38.3 Å². The minimum Gasteiger partial charge on any atom is -0.492 e. The first-order valence-electron chi connectivity index (χ1n) is 8.08. The second kappa shape index (κ2) is 7.07. The molecule has 0 bridgehead atoms. The molecule has 126 valence electrons. The van der Waals surface area contributed by atoms with Crippen LogP contribution in [0.3, 0.4) is 0 Å². The van der Waals surface area contributed by atoms with Gasteiger partial charge in [-0.15, -0.1) is 0 Å². The van der Waals surface area contributed by atoms with Crippen molar-refractivity contribution < 1.29 is 14.3 Å². The Morgan fingerprint density at radius 2 is 2.26 bits per heavy atom. The van der Waals surface area contributed by atoms with Gasteiger partial charge in [0.05, 0.1) is 11.5 Å². The van der Waals surface area contributed by atoms with Gasteiger partial charge in [-0.25, -0.2) is 0 Å². The Kier molecular flexibility index (Phi) is 5.09. The van der Waals surface area contributed by atoms with Crippen LogP contribution in [0, 0.1) is 5.41 Å². The quantitative estimate of drug-likeness (QED) is 0.891. The van der Waals surface area contributed by atoms with E-state index in [0.717, 1.165) is 38.2 Å². The van der Waals surface area contributed by atoms with Gasteiger partial charge in [-0.1, -0.05) is 11.6 Å². The fourth-order valence-corrected chi connectivity index (χ4v) is 3.74. The highest BCUT2D eigenvalue weighted by atomic mass is 35.5. The molecule has 1 aromatic carbocycles. The topological polar surface area (TPSA) is 50.8 Å². The molecule has 2 saturated heterocycles. The van der Waals surface area contributed by atoms with Crippen molar-refractivity contribution in [2.24, 2.45) is 5.41 Å². The van der Waals surface area contributed by atoms with Crippen LogP contribution in [0.1, 0.15) is 12.8 Å². The van der Waals surface area contributed by atoms with E-state index in [0.29, 0.717) is 18.2 Å². The van der Waals surface area contributed by atoms with Crippen molar-refractivity contribution in [1.29, 1.82) is 0 Å². The van der Waals surface area contributed by atoms with Gasteiger partial charge in [-0.3, -0.25) is 9.69 Å². The summed E-state index contributed by atoms with van der Waals surface area (Å²) >= 11 is 5.86. The number of rotatable bonds is 5. The normalized spacial score (nSPS) is 27.5. The molecule has 0 saturated carbocycles. The molecule has 0 radical (unpaired) electrons. The van der Waals surface area contributed by atoms with Crippen LogP contribution in [-0.2, 0) is 9.53 Å². The lowest BCUT2D eigenvalue weighted by molar-refractivity contribution is -0.138. The van der Waals surface area contributed by atoms with Crippen molar-refractivity contribution in [2.45, 2.75) is 18.9 Å². The summed E-state index contributed by atoms with van der Waals surface area (Å²) in [4.78, 5) is 14.7. The molecule has 1 N–H and O–H groups in total. The summed E-state index contributed by atoms with van der Waals surface area (Å²) in [6.07, 6.45) is 1.75. The molecular weight excluding hydrogens is 316 g/mol. The molecule has 2 atom stereocenters. The average Bonchev–Trinajstić information content (AvgIpc) is 3.00. The number of likely N-dealkylation sites (tertiary alicyclic amines) is 1. The summed E-state index contributed by atoms with van der Waals surface area (Å²) in [5, 5.41) is 3.52. The van der Waals surface area contributed by atoms with Crippen LogP contribution < -0.4 is 10.1 Å². The van der Waals surface area contributed by atoms with Crippen LogP contribution in [-0.4, -0.2) is 56.8 Å². The molecule has 3 rings (SSSR count). The fourth-order valence-electron chi connectivity index (χ4n) is 3.62. The number of halogens is 1. The average molecular weight is 339 g/mol. The number of carbonyl (C=O) groups is 1. The third-order valence-corrected chi connectivity index (χ3v) is 5.12. The van der Waals surface area contributed by atoms with E-state index in [-0.39, 0.29) is 12.0 Å². The maximum atomic E-state index is 12.4. The first-order chi connectivity index (χ1) is 11.1. The van der Waals surface area contributed by atoms with Crippen LogP contribution in [0.25, 0.3) is 0 Å². The van der Waals surface area contributed by atoms with E-state index in [4.69, 9.17) is 21.1 Å². The monoisotopic (exact) mass is 338 g/mol. The second-order valence-corrected chi connectivity index (χ2v) is 6.65. The first kappa shape index (κ1) is 16.6. The Labute approximate surface area is 141 Å². The number of nitrogens with zero attached hydrogens (tertiary/aromatic N) is 1. The summed E-state index contributed by atoms with van der Waals surface area (Å²) in [6.45, 7) is 3.74. The number of carbonyl (C=O) groups excluding carboxylic acids is 1. The third-order valence-electron chi connectivity index (χ3n) is 4.87. The highest BCUT2D eigenvalue weighted by molar-refractivity contribution is 6.30. The number of ether oxygens (including phenoxy) is 2. The molecule has 23 heavy (non-hydrogen) atoms. The molecule has 0 spiro atoms. The van der Waals surface area contributed by atoms with Gasteiger partial charge in [0.15, 0.2) is 0 Å². The Hall–Kier alpha value is -1.30. The lowest BCUT2D eigenvalue weighted by Crippen LogP contribution is -2.57. The Morgan fingerprint density at radius 3 is 3.00 bits per heavy atom. The zero-order valence-electron chi connectivity index (χ0n) is 13.4. The number of fused-ring (bicyclic) bond motifs is 1. The van der Waals surface area contributed by atoms with Gasteiger partial charge in [0.1, 0.15) is 12.4 Å². The van der Waals surface area contributed by atoms with E-state index in [9.17, 15) is 4.79 Å². The van der Waals surface area contributed by atoms with E-state index < -0.39 is 5.41 Å². The van der Waals surface area contributed by atoms with Crippen LogP contribution in [0.5, 0.6) is 5.75 Å². The van der Waals surface area contributed by atoms with Gasteiger partial charge < -0.3 is 14.8 Å². The maximum absolute atomic E-state index is 12.4. The van der Waals surface area contributed by atoms with Gasteiger partial charge in [0.2, 0.25) is 5.91 Å². The van der Waals surface area contributed by atoms with Crippen LogP contribution in [0.15, 0.2) is 24.3 Å². The second-order valence-electron chi connectivity index (χ2n) is 6.21. The summed E-state index contributed by atoms with van der Waals surface area (Å²) in [5.74, 6) is 0.915. The Balaban J connectivity index is 1.55. The maximum Gasteiger partial charge on any atom is 0.229 e. The minimum atomic E-state index is -0.396. The molecule has 0 aromatic heterocycles. The van der Waals surface area contributed by atoms with E-state index in [1.54, 1.807) is 7.05 Å². The summed E-state index contributed by atoms with van der Waals surface area (Å²) < 4.78 is 11.5. The molecule has 6 heteroatoms. The SMILES string of the molecule is CNC(=O)[C@@]12CCO[C@@H]1CCN(CCOc1ccc(Cl)cc1)C2. The van der Waals surface area contributed by atoms with Gasteiger partial charge in [-0.05, 0) is 37.1 Å². The van der Waals surface area contributed by atoms with E-state index in [1.807, 2.05) is 24.3 Å². The number of amides is 1. The summed E-state index contributed by atoms with van der Waals surface area (Å²) in [7, 11) is 1.70. The van der Waals surface area contributed by atoms with Crippen molar-refractivity contribution in [3.63, 3.8) is 0 Å². The summed E-state index contributed by atoms with van der Waals surface area (Å²) in [5.41, 5.74) is -0.396. The lowest BCUT2D eigenvalue weighted by Gasteiger charge is -2.42. The Morgan fingerprint density at radius 1 is 1.48 bits per heavy atom. The van der Waals surface area contributed by atoms with Crippen LogP contribution >= 0.6 is 11.6 Å². The van der Waals surface area contributed by atoms with Crippen LogP contribution in [0.4, 0.5) is 0 Å². The van der Waals surface area contributed by atoms with E-state index >= 15 is 0 Å². The number of benzene rings is 1. The molecule has 2 fully saturated rings. The van der Waals surface area contributed by atoms with Gasteiger partial charge >= 0.3 is 0 Å². The lowest BCUT2D eigenvalue weighted by atomic mass is 9.75. The summed E-state index contributed by atoms with van der Waals surface area (Å²) in [6, 6.07) is 7.37. The number of hydrogen-bond acceptors (Lipinski definition) is 4. The Bertz CT molecular complexity index is 551. The number of hydrogen-bond donors (Lipinski definition) is 1. The molecule has 0 unspecified atom stereocenters. The molecule has 1 amide bonds. The van der Waals surface area contributed by atoms with Gasteiger partial charge in [-0.2, -0.15) is 0 Å². The molecule has 2 aliphatic heterocycles. The third kappa shape index (κ3) is 3.47. The largest absolute Gasteiger partial charge is 0.492 e. The first-order valence-corrected chi connectivity index (χ1v) is 8.46. The van der Waals surface area contributed by atoms with Crippen molar-refractivity contribution in [1.82, 2.24) is 10.2 Å². The zero-order valence-corrected chi connectivity index (χ0v) is 14.1. The smallest absolute Gasteiger partial charge is 0.229 e. The molecule has 1 aromatic rings. The highest BCUT2D eigenvalue weighted by Crippen LogP contribution is 2.40. The van der Waals surface area contributed by atoms with Crippen molar-refractivity contribution in [3.8, 4) is 5.75 Å². The van der Waals surface area contributed by atoms with E-state index in [1.165, 1.54) is 0 Å². The highest BCUT2D eigenvalue weighted by Gasteiger charge is 2.52. The zero-order chi connectivity index (χ0) is 16.3. The number of nitrogens with one attached hydrogen (secondary N) is 1. The molecular formula is C17H23ClN2O3. The van der Waals surface area contributed by atoms with Crippen molar-refractivity contribution in [2.75, 3.05) is 39.9 Å². The minimum absolute atomic E-state index is 0.0517. The number of piperidine rings is 1. The van der Waals surface area contributed by atoms with Crippen LogP contribution in [0.2, 0.25) is 5.02 Å². The predicted molar refractivity (Wildman–Crippen MR) is 88.9 cm³/mol. The standard InChI is InChI=1S/C17H23ClN2O3/c1-19-16(21)17-7-10-23-15(17)6-8-20(12-17)9-11-22-14-4-2-13(18)3-5-14/h2-5,15H,6-12H2,1H3,(H,19,21)/t15-,17-/m1/s1.